The van der Waals surface area contributed by atoms with Gasteiger partial charge in [0, 0.05) is 26.1 Å². The van der Waals surface area contributed by atoms with Crippen molar-refractivity contribution in [2.75, 3.05) is 19.6 Å². The molecule has 0 spiro atoms. The second-order valence-corrected chi connectivity index (χ2v) is 8.24. The Morgan fingerprint density at radius 1 is 1.35 bits per heavy atom. The Kier molecular flexibility index (Phi) is 5.81. The molecular weight excluding hydrogens is 312 g/mol. The molecular formula is C17H26N2O3S. The first-order valence-corrected chi connectivity index (χ1v) is 9.62. The summed E-state index contributed by atoms with van der Waals surface area (Å²) >= 11 is 0. The Morgan fingerprint density at radius 3 is 2.74 bits per heavy atom. The molecule has 128 valence electrons. The number of carbonyl (C=O) groups excluding carboxylic acids is 1. The van der Waals surface area contributed by atoms with Crippen LogP contribution in [0.15, 0.2) is 23.1 Å². The quantitative estimate of drug-likeness (QED) is 0.895. The molecule has 5 nitrogen and oxygen atoms in total. The van der Waals surface area contributed by atoms with Gasteiger partial charge >= 0.3 is 0 Å². The van der Waals surface area contributed by atoms with Crippen LogP contribution >= 0.6 is 0 Å². The van der Waals surface area contributed by atoms with Gasteiger partial charge in [-0.15, -0.1) is 0 Å². The molecule has 0 bridgehead atoms. The Morgan fingerprint density at radius 2 is 2.09 bits per heavy atom. The van der Waals surface area contributed by atoms with Crippen molar-refractivity contribution in [1.29, 1.82) is 0 Å². The molecule has 1 N–H and O–H groups in total. The average molecular weight is 338 g/mol. The van der Waals surface area contributed by atoms with Crippen LogP contribution in [0.5, 0.6) is 0 Å². The zero-order valence-electron chi connectivity index (χ0n) is 14.1. The van der Waals surface area contributed by atoms with E-state index in [-0.39, 0.29) is 23.8 Å². The lowest BCUT2D eigenvalue weighted by Gasteiger charge is -2.31. The highest BCUT2D eigenvalue weighted by molar-refractivity contribution is 7.89. The van der Waals surface area contributed by atoms with E-state index in [2.05, 4.69) is 11.6 Å². The minimum absolute atomic E-state index is 0.0277. The number of nitrogens with one attached hydrogen (secondary N) is 1. The van der Waals surface area contributed by atoms with Crippen molar-refractivity contribution >= 4 is 15.9 Å². The van der Waals surface area contributed by atoms with Gasteiger partial charge in [0.25, 0.3) is 0 Å². The van der Waals surface area contributed by atoms with E-state index in [1.807, 2.05) is 17.9 Å². The number of carbonyl (C=O) groups is 1. The first-order chi connectivity index (χ1) is 10.8. The van der Waals surface area contributed by atoms with Gasteiger partial charge in [-0.05, 0) is 44.2 Å². The van der Waals surface area contributed by atoms with E-state index < -0.39 is 10.0 Å². The van der Waals surface area contributed by atoms with E-state index in [1.165, 1.54) is 0 Å². The number of hydrogen-bond acceptors (Lipinski definition) is 3. The maximum absolute atomic E-state index is 12.3. The summed E-state index contributed by atoms with van der Waals surface area (Å²) in [7, 11) is -3.57. The van der Waals surface area contributed by atoms with Crippen LogP contribution in [0.25, 0.3) is 0 Å². The van der Waals surface area contributed by atoms with Crippen molar-refractivity contribution in [3.63, 3.8) is 0 Å². The second kappa shape index (κ2) is 7.45. The van der Waals surface area contributed by atoms with E-state index in [0.717, 1.165) is 31.5 Å². The van der Waals surface area contributed by atoms with Crippen LogP contribution in [0.3, 0.4) is 0 Å². The smallest absolute Gasteiger partial charge is 0.240 e. The summed E-state index contributed by atoms with van der Waals surface area (Å²) in [5, 5.41) is 0. The summed E-state index contributed by atoms with van der Waals surface area (Å²) in [5.41, 5.74) is 1.74. The molecule has 1 amide bonds. The van der Waals surface area contributed by atoms with Crippen LogP contribution in [0.2, 0.25) is 0 Å². The van der Waals surface area contributed by atoms with Crippen LogP contribution in [0, 0.1) is 19.8 Å². The number of aryl methyl sites for hydroxylation is 2. The summed E-state index contributed by atoms with van der Waals surface area (Å²) in [5.74, 6) is 0.555. The van der Waals surface area contributed by atoms with Gasteiger partial charge in [-0.2, -0.15) is 0 Å². The van der Waals surface area contributed by atoms with E-state index >= 15 is 0 Å². The molecule has 0 aliphatic carbocycles. The molecule has 23 heavy (non-hydrogen) atoms. The first-order valence-electron chi connectivity index (χ1n) is 8.14. The first kappa shape index (κ1) is 17.9. The molecule has 1 unspecified atom stereocenters. The molecule has 1 aromatic rings. The molecule has 2 rings (SSSR count). The van der Waals surface area contributed by atoms with Crippen molar-refractivity contribution in [2.45, 2.75) is 44.9 Å². The summed E-state index contributed by atoms with van der Waals surface area (Å²) in [6, 6.07) is 5.23. The summed E-state index contributed by atoms with van der Waals surface area (Å²) in [6.45, 7) is 7.55. The van der Waals surface area contributed by atoms with E-state index in [9.17, 15) is 13.2 Å². The van der Waals surface area contributed by atoms with Crippen LogP contribution in [-0.4, -0.2) is 38.9 Å². The molecule has 0 saturated carbocycles. The highest BCUT2D eigenvalue weighted by Gasteiger charge is 2.22. The fourth-order valence-corrected chi connectivity index (χ4v) is 4.30. The number of likely N-dealkylation sites (tertiary alicyclic amines) is 1. The van der Waals surface area contributed by atoms with Gasteiger partial charge in [0.1, 0.15) is 0 Å². The number of nitrogens with zero attached hydrogens (tertiary/aromatic N) is 1. The van der Waals surface area contributed by atoms with E-state index in [1.54, 1.807) is 19.1 Å². The standard InChI is InChI=1S/C17H26N2O3S/c1-13-6-7-16(15(3)11-13)23(21,22)18-9-8-17(20)19-10-4-5-14(2)12-19/h6-7,11,14,18H,4-5,8-10,12H2,1-3H3. The van der Waals surface area contributed by atoms with Crippen molar-refractivity contribution in [2.24, 2.45) is 5.92 Å². The van der Waals surface area contributed by atoms with Gasteiger partial charge in [-0.3, -0.25) is 4.79 Å². The van der Waals surface area contributed by atoms with Crippen molar-refractivity contribution < 1.29 is 13.2 Å². The van der Waals surface area contributed by atoms with Gasteiger partial charge in [0.05, 0.1) is 4.90 Å². The minimum Gasteiger partial charge on any atom is -0.342 e. The predicted molar refractivity (Wildman–Crippen MR) is 90.7 cm³/mol. The lowest BCUT2D eigenvalue weighted by atomic mass is 10.0. The number of hydrogen-bond donors (Lipinski definition) is 1. The van der Waals surface area contributed by atoms with Crippen molar-refractivity contribution in [3.05, 3.63) is 29.3 Å². The minimum atomic E-state index is -3.57. The fraction of sp³-hybridized carbons (Fsp3) is 0.588. The Hall–Kier alpha value is -1.40. The Bertz CT molecular complexity index is 670. The third-order valence-corrected chi connectivity index (χ3v) is 5.88. The van der Waals surface area contributed by atoms with Crippen LogP contribution < -0.4 is 4.72 Å². The predicted octanol–water partition coefficient (Wildman–Crippen LogP) is 2.23. The lowest BCUT2D eigenvalue weighted by Crippen LogP contribution is -2.40. The fourth-order valence-electron chi connectivity index (χ4n) is 3.04. The van der Waals surface area contributed by atoms with Crippen LogP contribution in [-0.2, 0) is 14.8 Å². The Labute approximate surface area is 139 Å². The highest BCUT2D eigenvalue weighted by atomic mass is 32.2. The van der Waals surface area contributed by atoms with E-state index in [4.69, 9.17) is 0 Å². The van der Waals surface area contributed by atoms with Gasteiger partial charge < -0.3 is 4.90 Å². The molecule has 1 aliphatic heterocycles. The molecule has 0 aromatic heterocycles. The van der Waals surface area contributed by atoms with Gasteiger partial charge in [-0.25, -0.2) is 13.1 Å². The SMILES string of the molecule is Cc1ccc(S(=O)(=O)NCCC(=O)N2CCCC(C)C2)c(C)c1. The third kappa shape index (κ3) is 4.78. The molecule has 6 heteroatoms. The number of amides is 1. The maximum atomic E-state index is 12.3. The van der Waals surface area contributed by atoms with Crippen molar-refractivity contribution in [1.82, 2.24) is 9.62 Å². The van der Waals surface area contributed by atoms with Gasteiger partial charge in [-0.1, -0.05) is 24.6 Å². The zero-order chi connectivity index (χ0) is 17.0. The topological polar surface area (TPSA) is 66.5 Å². The largest absolute Gasteiger partial charge is 0.342 e. The van der Waals surface area contributed by atoms with E-state index in [0.29, 0.717) is 11.5 Å². The number of sulfonamides is 1. The molecule has 1 fully saturated rings. The highest BCUT2D eigenvalue weighted by Crippen LogP contribution is 2.17. The summed E-state index contributed by atoms with van der Waals surface area (Å²) in [4.78, 5) is 14.3. The average Bonchev–Trinajstić information content (AvgIpc) is 2.46. The molecule has 1 saturated heterocycles. The Balaban J connectivity index is 1.91. The third-order valence-electron chi connectivity index (χ3n) is 4.26. The van der Waals surface area contributed by atoms with Crippen LogP contribution in [0.4, 0.5) is 0 Å². The molecule has 1 atom stereocenters. The van der Waals surface area contributed by atoms with Crippen molar-refractivity contribution in [3.8, 4) is 0 Å². The van der Waals surface area contributed by atoms with Crippen LogP contribution in [0.1, 0.15) is 37.3 Å². The lowest BCUT2D eigenvalue weighted by molar-refractivity contribution is -0.132. The molecule has 0 radical (unpaired) electrons. The van der Waals surface area contributed by atoms with Gasteiger partial charge in [0.2, 0.25) is 15.9 Å². The number of benzene rings is 1. The number of rotatable bonds is 5. The maximum Gasteiger partial charge on any atom is 0.240 e. The zero-order valence-corrected chi connectivity index (χ0v) is 14.9. The van der Waals surface area contributed by atoms with Gasteiger partial charge in [0.15, 0.2) is 0 Å². The second-order valence-electron chi connectivity index (χ2n) is 6.50. The molecule has 1 aromatic carbocycles. The summed E-state index contributed by atoms with van der Waals surface area (Å²) < 4.78 is 27.2. The molecule has 1 heterocycles. The normalized spacial score (nSPS) is 18.9. The molecule has 1 aliphatic rings. The summed E-state index contributed by atoms with van der Waals surface area (Å²) in [6.07, 6.45) is 2.39. The number of piperidine rings is 1. The monoisotopic (exact) mass is 338 g/mol.